The first-order valence-electron chi connectivity index (χ1n) is 8.91. The number of hydrogen-bond acceptors (Lipinski definition) is 4. The number of urea groups is 1. The fourth-order valence-corrected chi connectivity index (χ4v) is 3.59. The minimum atomic E-state index is -0.534. The van der Waals surface area contributed by atoms with E-state index in [9.17, 15) is 9.59 Å². The lowest BCUT2D eigenvalue weighted by Crippen LogP contribution is -2.44. The van der Waals surface area contributed by atoms with Crippen LogP contribution in [0.1, 0.15) is 25.7 Å². The minimum Gasteiger partial charge on any atom is -0.453 e. The first kappa shape index (κ1) is 17.5. The molecule has 1 aromatic rings. The van der Waals surface area contributed by atoms with E-state index in [0.29, 0.717) is 11.4 Å². The minimum absolute atomic E-state index is 0.0723. The van der Waals surface area contributed by atoms with Gasteiger partial charge in [0, 0.05) is 30.5 Å². The Morgan fingerprint density at radius 1 is 1.12 bits per heavy atom. The van der Waals surface area contributed by atoms with Crippen LogP contribution < -0.4 is 10.6 Å². The molecule has 1 aromatic carbocycles. The second kappa shape index (κ2) is 8.20. The second-order valence-corrected chi connectivity index (χ2v) is 6.62. The van der Waals surface area contributed by atoms with Crippen molar-refractivity contribution in [1.29, 1.82) is 0 Å². The number of methoxy groups -OCH3 is 1. The van der Waals surface area contributed by atoms with Gasteiger partial charge in [0.1, 0.15) is 0 Å². The van der Waals surface area contributed by atoms with Crippen molar-refractivity contribution in [1.82, 2.24) is 9.80 Å². The van der Waals surface area contributed by atoms with Gasteiger partial charge in [-0.05, 0) is 57.0 Å². The molecule has 0 bridgehead atoms. The predicted molar refractivity (Wildman–Crippen MR) is 96.9 cm³/mol. The van der Waals surface area contributed by atoms with E-state index in [1.807, 2.05) is 11.0 Å². The molecule has 3 amide bonds. The molecule has 2 saturated heterocycles. The fraction of sp³-hybridized carbons (Fsp3) is 0.556. The summed E-state index contributed by atoms with van der Waals surface area (Å²) in [5.74, 6) is 0. The molecule has 25 heavy (non-hydrogen) atoms. The van der Waals surface area contributed by atoms with Crippen molar-refractivity contribution >= 4 is 23.5 Å². The first-order valence-corrected chi connectivity index (χ1v) is 8.91. The Morgan fingerprint density at radius 2 is 1.84 bits per heavy atom. The van der Waals surface area contributed by atoms with Gasteiger partial charge in [-0.25, -0.2) is 9.59 Å². The molecule has 136 valence electrons. The zero-order chi connectivity index (χ0) is 17.6. The van der Waals surface area contributed by atoms with Crippen molar-refractivity contribution < 1.29 is 14.3 Å². The summed E-state index contributed by atoms with van der Waals surface area (Å²) in [4.78, 5) is 28.4. The smallest absolute Gasteiger partial charge is 0.411 e. The van der Waals surface area contributed by atoms with Crippen LogP contribution >= 0.6 is 0 Å². The number of ether oxygens (including phenoxy) is 1. The van der Waals surface area contributed by atoms with Crippen molar-refractivity contribution in [2.75, 3.05) is 43.9 Å². The molecule has 3 rings (SSSR count). The van der Waals surface area contributed by atoms with Gasteiger partial charge < -0.3 is 19.9 Å². The van der Waals surface area contributed by atoms with E-state index < -0.39 is 6.09 Å². The number of nitrogens with one attached hydrogen (secondary N) is 2. The van der Waals surface area contributed by atoms with Gasteiger partial charge in [0.05, 0.1) is 7.11 Å². The summed E-state index contributed by atoms with van der Waals surface area (Å²) >= 11 is 0. The van der Waals surface area contributed by atoms with Crippen LogP contribution in [-0.4, -0.2) is 61.3 Å². The molecule has 0 spiro atoms. The van der Waals surface area contributed by atoms with Gasteiger partial charge in [-0.1, -0.05) is 6.07 Å². The van der Waals surface area contributed by atoms with E-state index in [1.54, 1.807) is 18.2 Å². The van der Waals surface area contributed by atoms with E-state index in [2.05, 4.69) is 20.3 Å². The van der Waals surface area contributed by atoms with Crippen LogP contribution in [0.5, 0.6) is 0 Å². The van der Waals surface area contributed by atoms with Gasteiger partial charge in [0.2, 0.25) is 0 Å². The molecule has 7 heteroatoms. The number of benzene rings is 1. The first-order chi connectivity index (χ1) is 12.2. The average Bonchev–Trinajstić information content (AvgIpc) is 3.27. The van der Waals surface area contributed by atoms with Crippen molar-refractivity contribution in [3.8, 4) is 0 Å². The van der Waals surface area contributed by atoms with Crippen LogP contribution in [0.15, 0.2) is 24.3 Å². The highest BCUT2D eigenvalue weighted by Gasteiger charge is 2.30. The van der Waals surface area contributed by atoms with E-state index in [1.165, 1.54) is 20.0 Å². The maximum Gasteiger partial charge on any atom is 0.411 e. The summed E-state index contributed by atoms with van der Waals surface area (Å²) < 4.78 is 4.58. The van der Waals surface area contributed by atoms with Gasteiger partial charge >= 0.3 is 12.1 Å². The number of nitrogens with zero attached hydrogens (tertiary/aromatic N) is 2. The fourth-order valence-electron chi connectivity index (χ4n) is 3.59. The Bertz CT molecular complexity index is 616. The van der Waals surface area contributed by atoms with Crippen LogP contribution in [-0.2, 0) is 4.74 Å². The monoisotopic (exact) mass is 346 g/mol. The largest absolute Gasteiger partial charge is 0.453 e. The van der Waals surface area contributed by atoms with Crippen LogP contribution in [0.3, 0.4) is 0 Å². The third kappa shape index (κ3) is 4.63. The lowest BCUT2D eigenvalue weighted by molar-refractivity contribution is 0.186. The lowest BCUT2D eigenvalue weighted by atomic mass is 10.2. The number of anilines is 2. The number of likely N-dealkylation sites (tertiary alicyclic amines) is 2. The van der Waals surface area contributed by atoms with Crippen molar-refractivity contribution in [2.24, 2.45) is 0 Å². The van der Waals surface area contributed by atoms with Crippen LogP contribution in [0, 0.1) is 0 Å². The Kier molecular flexibility index (Phi) is 5.75. The molecule has 0 radical (unpaired) electrons. The Labute approximate surface area is 148 Å². The van der Waals surface area contributed by atoms with Crippen molar-refractivity contribution in [3.63, 3.8) is 0 Å². The molecule has 2 N–H and O–H groups in total. The number of amides is 3. The van der Waals surface area contributed by atoms with E-state index in [-0.39, 0.29) is 12.1 Å². The summed E-state index contributed by atoms with van der Waals surface area (Å²) in [6.45, 7) is 4.06. The Morgan fingerprint density at radius 3 is 2.56 bits per heavy atom. The standard InChI is InChI=1S/C18H26N4O3/c1-25-18(24)20-15-7-4-6-14(12-15)19-17(23)22-11-5-8-16(22)13-21-9-2-3-10-21/h4,6-7,12,16H,2-3,5,8-11,13H2,1H3,(H,19,23)(H,20,24). The topological polar surface area (TPSA) is 73.9 Å². The summed E-state index contributed by atoms with van der Waals surface area (Å²) in [6, 6.07) is 7.28. The molecule has 2 aliphatic rings. The Hall–Kier alpha value is -2.28. The zero-order valence-corrected chi connectivity index (χ0v) is 14.7. The van der Waals surface area contributed by atoms with Crippen LogP contribution in [0.2, 0.25) is 0 Å². The van der Waals surface area contributed by atoms with Gasteiger partial charge in [-0.15, -0.1) is 0 Å². The van der Waals surface area contributed by atoms with Crippen LogP contribution in [0.4, 0.5) is 21.0 Å². The van der Waals surface area contributed by atoms with Crippen molar-refractivity contribution in [2.45, 2.75) is 31.7 Å². The third-order valence-corrected chi connectivity index (χ3v) is 4.85. The highest BCUT2D eigenvalue weighted by atomic mass is 16.5. The molecule has 1 atom stereocenters. The van der Waals surface area contributed by atoms with Crippen molar-refractivity contribution in [3.05, 3.63) is 24.3 Å². The van der Waals surface area contributed by atoms with Gasteiger partial charge in [-0.3, -0.25) is 5.32 Å². The molecule has 1 unspecified atom stereocenters. The van der Waals surface area contributed by atoms with E-state index in [0.717, 1.165) is 39.0 Å². The number of rotatable bonds is 4. The zero-order valence-electron chi connectivity index (χ0n) is 14.7. The molecule has 0 aliphatic carbocycles. The highest BCUT2D eigenvalue weighted by molar-refractivity contribution is 5.91. The van der Waals surface area contributed by atoms with Gasteiger partial charge in [0.25, 0.3) is 0 Å². The van der Waals surface area contributed by atoms with E-state index in [4.69, 9.17) is 0 Å². The molecule has 2 heterocycles. The summed E-state index contributed by atoms with van der Waals surface area (Å²) in [5.41, 5.74) is 1.24. The molecular formula is C18H26N4O3. The number of carbonyl (C=O) groups excluding carboxylic acids is 2. The molecular weight excluding hydrogens is 320 g/mol. The molecule has 7 nitrogen and oxygen atoms in total. The lowest BCUT2D eigenvalue weighted by Gasteiger charge is -2.28. The molecule has 0 saturated carbocycles. The number of carbonyl (C=O) groups is 2. The summed E-state index contributed by atoms with van der Waals surface area (Å²) in [5, 5.41) is 5.55. The van der Waals surface area contributed by atoms with Gasteiger partial charge in [0.15, 0.2) is 0 Å². The molecule has 2 fully saturated rings. The highest BCUT2D eigenvalue weighted by Crippen LogP contribution is 2.22. The summed E-state index contributed by atoms with van der Waals surface area (Å²) in [6.07, 6.45) is 4.11. The Balaban J connectivity index is 1.59. The molecule has 2 aliphatic heterocycles. The maximum absolute atomic E-state index is 12.7. The third-order valence-electron chi connectivity index (χ3n) is 4.85. The molecule has 0 aromatic heterocycles. The van der Waals surface area contributed by atoms with Crippen LogP contribution in [0.25, 0.3) is 0 Å². The maximum atomic E-state index is 12.7. The number of hydrogen-bond donors (Lipinski definition) is 2. The second-order valence-electron chi connectivity index (χ2n) is 6.62. The predicted octanol–water partition coefficient (Wildman–Crippen LogP) is 2.96. The SMILES string of the molecule is COC(=O)Nc1cccc(NC(=O)N2CCCC2CN2CCCC2)c1. The van der Waals surface area contributed by atoms with E-state index >= 15 is 0 Å². The summed E-state index contributed by atoms with van der Waals surface area (Å²) in [7, 11) is 1.31. The normalized spacial score (nSPS) is 20.5. The quantitative estimate of drug-likeness (QED) is 0.879. The average molecular weight is 346 g/mol. The van der Waals surface area contributed by atoms with Gasteiger partial charge in [-0.2, -0.15) is 0 Å².